The van der Waals surface area contributed by atoms with Crippen molar-refractivity contribution in [3.63, 3.8) is 0 Å². The number of rotatable bonds is 4. The summed E-state index contributed by atoms with van der Waals surface area (Å²) < 4.78 is 5.60. The van der Waals surface area contributed by atoms with Crippen LogP contribution in [0, 0.1) is 5.92 Å². The van der Waals surface area contributed by atoms with Crippen molar-refractivity contribution in [1.29, 1.82) is 0 Å². The minimum absolute atomic E-state index is 0.0120. The van der Waals surface area contributed by atoms with Crippen molar-refractivity contribution in [2.75, 3.05) is 12.3 Å². The van der Waals surface area contributed by atoms with E-state index in [-0.39, 0.29) is 29.6 Å². The number of thiol groups is 1. The number of amides is 3. The summed E-state index contributed by atoms with van der Waals surface area (Å²) in [5.41, 5.74) is 0.733. The molecule has 0 saturated carbocycles. The van der Waals surface area contributed by atoms with Gasteiger partial charge < -0.3 is 20.7 Å². The molecule has 1 aromatic heterocycles. The average molecular weight is 489 g/mol. The predicted octanol–water partition coefficient (Wildman–Crippen LogP) is 1.71. The van der Waals surface area contributed by atoms with Gasteiger partial charge >= 0.3 is 5.97 Å². The highest BCUT2D eigenvalue weighted by molar-refractivity contribution is 7.80. The van der Waals surface area contributed by atoms with Crippen molar-refractivity contribution in [2.24, 2.45) is 5.92 Å². The van der Waals surface area contributed by atoms with Crippen LogP contribution in [0.5, 0.6) is 0 Å². The van der Waals surface area contributed by atoms with Gasteiger partial charge in [0.25, 0.3) is 11.8 Å². The van der Waals surface area contributed by atoms with Crippen LogP contribution in [0.15, 0.2) is 42.1 Å². The zero-order chi connectivity index (χ0) is 25.1. The quantitative estimate of drug-likeness (QED) is 0.221. The van der Waals surface area contributed by atoms with E-state index in [1.165, 1.54) is 12.1 Å². The molecule has 0 aromatic carbocycles. The molecule has 1 aromatic rings. The number of allylic oxidation sites excluding steroid dienone is 2. The summed E-state index contributed by atoms with van der Waals surface area (Å²) in [6, 6.07) is 3.98. The Morgan fingerprint density at radius 2 is 1.97 bits per heavy atom. The second kappa shape index (κ2) is 13.5. The molecule has 0 aliphatic carbocycles. The summed E-state index contributed by atoms with van der Waals surface area (Å²) in [6.45, 7) is 5.42. The summed E-state index contributed by atoms with van der Waals surface area (Å²) in [7, 11) is 0. The molecule has 2 bridgehead atoms. The van der Waals surface area contributed by atoms with Crippen LogP contribution in [-0.4, -0.2) is 53.1 Å². The molecule has 0 saturated heterocycles. The highest BCUT2D eigenvalue weighted by Gasteiger charge is 2.29. The molecule has 0 unspecified atom stereocenters. The Morgan fingerprint density at radius 3 is 2.65 bits per heavy atom. The van der Waals surface area contributed by atoms with E-state index >= 15 is 0 Å². The number of pyridine rings is 1. The van der Waals surface area contributed by atoms with Crippen molar-refractivity contribution in [3.05, 3.63) is 53.5 Å². The minimum Gasteiger partial charge on any atom is -0.456 e. The second-order valence-electron chi connectivity index (χ2n) is 8.09. The molecule has 3 N–H and O–H groups in total. The first kappa shape index (κ1) is 27.1. The number of aromatic nitrogens is 1. The molecule has 0 fully saturated rings. The van der Waals surface area contributed by atoms with Crippen molar-refractivity contribution in [3.8, 4) is 0 Å². The monoisotopic (exact) mass is 488 g/mol. The van der Waals surface area contributed by atoms with Crippen molar-refractivity contribution < 1.29 is 23.9 Å². The molecule has 2 atom stereocenters. The molecule has 0 radical (unpaired) electrons. The fourth-order valence-electron chi connectivity index (χ4n) is 3.19. The lowest BCUT2D eigenvalue weighted by Gasteiger charge is -2.24. The molecule has 1 aliphatic rings. The van der Waals surface area contributed by atoms with Crippen LogP contribution in [0.1, 0.15) is 49.8 Å². The molecular formula is C24H32N4O5S. The summed E-state index contributed by atoms with van der Waals surface area (Å²) in [5, 5.41) is 7.98. The number of ether oxygens (including phenoxy) is 1. The number of carbonyl (C=O) groups is 4. The maximum absolute atomic E-state index is 12.9. The SMILES string of the molecule is C/C=C1\NC(=O)c2cccc(n2)CCNC(=O)C[C@@H](/C=C/CCS)OC(=O)[C@H](C(C)C)NC1=O. The van der Waals surface area contributed by atoms with Crippen molar-refractivity contribution >= 4 is 36.3 Å². The van der Waals surface area contributed by atoms with Gasteiger partial charge in [0.2, 0.25) is 5.91 Å². The molecule has 184 valence electrons. The molecule has 3 amide bonds. The molecule has 9 nitrogen and oxygen atoms in total. The maximum Gasteiger partial charge on any atom is 0.329 e. The topological polar surface area (TPSA) is 126 Å². The van der Waals surface area contributed by atoms with Gasteiger partial charge in [0.1, 0.15) is 23.5 Å². The van der Waals surface area contributed by atoms with E-state index in [9.17, 15) is 19.2 Å². The number of cyclic esters (lactones) is 1. The van der Waals surface area contributed by atoms with Crippen LogP contribution >= 0.6 is 12.6 Å². The van der Waals surface area contributed by atoms with Gasteiger partial charge in [-0.15, -0.1) is 0 Å². The van der Waals surface area contributed by atoms with E-state index in [4.69, 9.17) is 4.74 Å². The van der Waals surface area contributed by atoms with E-state index < -0.39 is 29.9 Å². The fourth-order valence-corrected chi connectivity index (χ4v) is 3.34. The van der Waals surface area contributed by atoms with Gasteiger partial charge in [0, 0.05) is 18.7 Å². The average Bonchev–Trinajstić information content (AvgIpc) is 2.80. The van der Waals surface area contributed by atoms with Crippen molar-refractivity contribution in [1.82, 2.24) is 20.9 Å². The van der Waals surface area contributed by atoms with Crippen LogP contribution in [0.2, 0.25) is 0 Å². The van der Waals surface area contributed by atoms with Gasteiger partial charge in [-0.25, -0.2) is 9.78 Å². The molecule has 2 heterocycles. The van der Waals surface area contributed by atoms with Crippen LogP contribution in [0.4, 0.5) is 0 Å². The van der Waals surface area contributed by atoms with Crippen molar-refractivity contribution in [2.45, 2.75) is 52.2 Å². The van der Waals surface area contributed by atoms with Gasteiger partial charge in [-0.05, 0) is 43.2 Å². The molecule has 0 spiro atoms. The van der Waals surface area contributed by atoms with Crippen LogP contribution in [-0.2, 0) is 25.5 Å². The van der Waals surface area contributed by atoms with Gasteiger partial charge in [0.05, 0.1) is 6.42 Å². The number of fused-ring (bicyclic) bond motifs is 2. The number of nitrogens with zero attached hydrogens (tertiary/aromatic N) is 1. The summed E-state index contributed by atoms with van der Waals surface area (Å²) in [4.78, 5) is 55.3. The number of esters is 1. The fraction of sp³-hybridized carbons (Fsp3) is 0.458. The van der Waals surface area contributed by atoms with E-state index in [2.05, 4.69) is 33.6 Å². The lowest BCUT2D eigenvalue weighted by Crippen LogP contribution is -2.48. The van der Waals surface area contributed by atoms with E-state index in [0.717, 1.165) is 0 Å². The van der Waals surface area contributed by atoms with Crippen LogP contribution < -0.4 is 16.0 Å². The van der Waals surface area contributed by atoms with E-state index in [0.29, 0.717) is 30.8 Å². The zero-order valence-electron chi connectivity index (χ0n) is 19.7. The number of hydrogen-bond donors (Lipinski definition) is 4. The minimum atomic E-state index is -0.986. The third-order valence-electron chi connectivity index (χ3n) is 5.03. The Labute approximate surface area is 205 Å². The summed E-state index contributed by atoms with van der Waals surface area (Å²) in [6.07, 6.45) is 5.08. The Morgan fingerprint density at radius 1 is 1.21 bits per heavy atom. The molecular weight excluding hydrogens is 456 g/mol. The van der Waals surface area contributed by atoms with E-state index in [1.807, 2.05) is 0 Å². The maximum atomic E-state index is 12.9. The number of hydrogen-bond acceptors (Lipinski definition) is 7. The number of carbonyl (C=O) groups excluding carboxylic acids is 4. The third-order valence-corrected chi connectivity index (χ3v) is 5.29. The Bertz CT molecular complexity index is 960. The predicted molar refractivity (Wildman–Crippen MR) is 131 cm³/mol. The van der Waals surface area contributed by atoms with Gasteiger partial charge in [0.15, 0.2) is 0 Å². The first-order chi connectivity index (χ1) is 16.2. The molecule has 10 heteroatoms. The first-order valence-electron chi connectivity index (χ1n) is 11.2. The van der Waals surface area contributed by atoms with Crippen LogP contribution in [0.25, 0.3) is 0 Å². The normalized spacial score (nSPS) is 22.2. The number of nitrogens with one attached hydrogen (secondary N) is 3. The van der Waals surface area contributed by atoms with Crippen LogP contribution in [0.3, 0.4) is 0 Å². The third kappa shape index (κ3) is 8.33. The Balaban J connectivity index is 2.36. The molecule has 34 heavy (non-hydrogen) atoms. The van der Waals surface area contributed by atoms with E-state index in [1.54, 1.807) is 45.1 Å². The first-order valence-corrected chi connectivity index (χ1v) is 11.9. The van der Waals surface area contributed by atoms with Gasteiger partial charge in [-0.2, -0.15) is 12.6 Å². The lowest BCUT2D eigenvalue weighted by molar-refractivity contribution is -0.153. The Kier molecular flexibility index (Phi) is 10.8. The Hall–Kier alpha value is -3.14. The second-order valence-corrected chi connectivity index (χ2v) is 8.53. The summed E-state index contributed by atoms with van der Waals surface area (Å²) >= 11 is 4.16. The molecule has 2 rings (SSSR count). The standard InChI is InChI=1S/C24H32N4O5S/c1-4-18-22(30)28-21(15(2)3)24(32)33-17(9-5-6-13-34)14-20(29)25-12-11-16-8-7-10-19(26-16)23(31)27-18/h4-5,7-10,15,17,21,34H,6,11-14H2,1-3H3,(H,25,29)(H,27,31)(H,28,30)/b9-5+,18-4-/t17-,21+/m1/s1. The van der Waals surface area contributed by atoms with Gasteiger partial charge in [-0.1, -0.05) is 32.1 Å². The summed E-state index contributed by atoms with van der Waals surface area (Å²) in [5.74, 6) is -1.85. The van der Waals surface area contributed by atoms with Gasteiger partial charge in [-0.3, -0.25) is 14.4 Å². The highest BCUT2D eigenvalue weighted by Crippen LogP contribution is 2.11. The smallest absolute Gasteiger partial charge is 0.329 e. The lowest BCUT2D eigenvalue weighted by atomic mass is 10.0. The molecule has 1 aliphatic heterocycles. The zero-order valence-corrected chi connectivity index (χ0v) is 20.6. The highest BCUT2D eigenvalue weighted by atomic mass is 32.1. The largest absolute Gasteiger partial charge is 0.456 e.